The van der Waals surface area contributed by atoms with E-state index >= 15 is 0 Å². The summed E-state index contributed by atoms with van der Waals surface area (Å²) in [5, 5.41) is 0. The van der Waals surface area contributed by atoms with Crippen LogP contribution in [0, 0.1) is 3.01 Å². The number of hydrogen-bond acceptors (Lipinski definition) is 5. The SMILES string of the molecule is COC(=O)c1nsc(I)n1. The van der Waals surface area contributed by atoms with Gasteiger partial charge in [0, 0.05) is 0 Å². The van der Waals surface area contributed by atoms with E-state index in [0.29, 0.717) is 0 Å². The van der Waals surface area contributed by atoms with E-state index in [0.717, 1.165) is 3.01 Å². The van der Waals surface area contributed by atoms with E-state index in [1.165, 1.54) is 18.6 Å². The summed E-state index contributed by atoms with van der Waals surface area (Å²) in [6.07, 6.45) is 0. The van der Waals surface area contributed by atoms with E-state index < -0.39 is 5.97 Å². The maximum Gasteiger partial charge on any atom is 0.377 e. The van der Waals surface area contributed by atoms with Gasteiger partial charge in [-0.15, -0.1) is 0 Å². The lowest BCUT2D eigenvalue weighted by molar-refractivity contribution is 0.0588. The normalized spacial score (nSPS) is 9.40. The van der Waals surface area contributed by atoms with E-state index in [2.05, 4.69) is 14.1 Å². The molecule has 1 heterocycles. The minimum Gasteiger partial charge on any atom is -0.463 e. The van der Waals surface area contributed by atoms with Crippen molar-refractivity contribution in [1.82, 2.24) is 9.36 Å². The lowest BCUT2D eigenvalue weighted by Crippen LogP contribution is -2.02. The summed E-state index contributed by atoms with van der Waals surface area (Å²) in [4.78, 5) is 14.5. The third-order valence-corrected chi connectivity index (χ3v) is 2.11. The van der Waals surface area contributed by atoms with Crippen molar-refractivity contribution in [3.8, 4) is 0 Å². The lowest BCUT2D eigenvalue weighted by Gasteiger charge is -1.88. The van der Waals surface area contributed by atoms with Crippen molar-refractivity contribution in [2.45, 2.75) is 0 Å². The highest BCUT2D eigenvalue weighted by atomic mass is 127. The highest BCUT2D eigenvalue weighted by molar-refractivity contribution is 14.1. The number of halogens is 1. The molecule has 0 unspecified atom stereocenters. The van der Waals surface area contributed by atoms with Gasteiger partial charge in [0.25, 0.3) is 5.82 Å². The van der Waals surface area contributed by atoms with Crippen LogP contribution in [0.4, 0.5) is 0 Å². The van der Waals surface area contributed by atoms with Crippen molar-refractivity contribution in [2.24, 2.45) is 0 Å². The molecule has 0 aliphatic heterocycles. The summed E-state index contributed by atoms with van der Waals surface area (Å²) in [6.45, 7) is 0. The molecule has 0 fully saturated rings. The van der Waals surface area contributed by atoms with Gasteiger partial charge in [-0.3, -0.25) is 0 Å². The van der Waals surface area contributed by atoms with Crippen molar-refractivity contribution in [2.75, 3.05) is 7.11 Å². The largest absolute Gasteiger partial charge is 0.463 e. The molecule has 0 saturated heterocycles. The second-order valence-electron chi connectivity index (χ2n) is 1.36. The van der Waals surface area contributed by atoms with Crippen LogP contribution in [0.2, 0.25) is 0 Å². The lowest BCUT2D eigenvalue weighted by atomic mass is 10.6. The zero-order valence-electron chi connectivity index (χ0n) is 5.00. The summed E-state index contributed by atoms with van der Waals surface area (Å²) < 4.78 is 8.86. The summed E-state index contributed by atoms with van der Waals surface area (Å²) in [7, 11) is 1.30. The van der Waals surface area contributed by atoms with Crippen LogP contribution in [-0.2, 0) is 4.74 Å². The van der Waals surface area contributed by atoms with Gasteiger partial charge < -0.3 is 4.74 Å². The summed E-state index contributed by atoms with van der Waals surface area (Å²) >= 11 is 3.16. The molecule has 0 spiro atoms. The molecule has 0 aliphatic carbocycles. The predicted molar refractivity (Wildman–Crippen MR) is 44.0 cm³/mol. The third-order valence-electron chi connectivity index (χ3n) is 0.769. The molecule has 0 aliphatic rings. The van der Waals surface area contributed by atoms with Crippen LogP contribution in [0.3, 0.4) is 0 Å². The van der Waals surface area contributed by atoms with Crippen LogP contribution in [-0.4, -0.2) is 22.4 Å². The predicted octanol–water partition coefficient (Wildman–Crippen LogP) is 0.929. The van der Waals surface area contributed by atoms with E-state index in [4.69, 9.17) is 0 Å². The van der Waals surface area contributed by atoms with Crippen molar-refractivity contribution in [3.63, 3.8) is 0 Å². The Labute approximate surface area is 74.9 Å². The first-order valence-corrected chi connectivity index (χ1v) is 4.17. The monoisotopic (exact) mass is 270 g/mol. The zero-order valence-corrected chi connectivity index (χ0v) is 7.97. The minimum absolute atomic E-state index is 0.136. The van der Waals surface area contributed by atoms with Crippen LogP contribution in [0.25, 0.3) is 0 Å². The molecule has 10 heavy (non-hydrogen) atoms. The zero-order chi connectivity index (χ0) is 7.56. The van der Waals surface area contributed by atoms with Crippen LogP contribution < -0.4 is 0 Å². The fourth-order valence-corrected chi connectivity index (χ4v) is 1.31. The molecule has 0 bridgehead atoms. The van der Waals surface area contributed by atoms with Crippen molar-refractivity contribution in [1.29, 1.82) is 0 Å². The molecule has 0 atom stereocenters. The average molecular weight is 270 g/mol. The van der Waals surface area contributed by atoms with Gasteiger partial charge in [-0.25, -0.2) is 9.78 Å². The van der Waals surface area contributed by atoms with Gasteiger partial charge in [-0.2, -0.15) is 4.37 Å². The summed E-state index contributed by atoms with van der Waals surface area (Å²) in [6, 6.07) is 0. The second kappa shape index (κ2) is 3.24. The fourth-order valence-electron chi connectivity index (χ4n) is 0.379. The Hall–Kier alpha value is -0.240. The van der Waals surface area contributed by atoms with Gasteiger partial charge >= 0.3 is 5.97 Å². The Bertz CT molecular complexity index is 249. The highest BCUT2D eigenvalue weighted by Crippen LogP contribution is 2.07. The average Bonchev–Trinajstić information content (AvgIpc) is 2.34. The maximum absolute atomic E-state index is 10.7. The minimum atomic E-state index is -0.487. The number of methoxy groups -OCH3 is 1. The number of nitrogens with zero attached hydrogens (tertiary/aromatic N) is 2. The Morgan fingerprint density at radius 1 is 1.80 bits per heavy atom. The smallest absolute Gasteiger partial charge is 0.377 e. The van der Waals surface area contributed by atoms with E-state index in [1.807, 2.05) is 22.6 Å². The molecule has 1 aromatic rings. The maximum atomic E-state index is 10.7. The van der Waals surface area contributed by atoms with Gasteiger partial charge in [0.05, 0.1) is 7.11 Å². The highest BCUT2D eigenvalue weighted by Gasteiger charge is 2.10. The molecule has 0 saturated carbocycles. The number of ether oxygens (including phenoxy) is 1. The number of hydrogen-bond donors (Lipinski definition) is 0. The molecule has 0 radical (unpaired) electrons. The van der Waals surface area contributed by atoms with Crippen LogP contribution in [0.5, 0.6) is 0 Å². The molecular formula is C4H3IN2O2S. The number of rotatable bonds is 1. The molecule has 4 nitrogen and oxygen atoms in total. The number of carbonyl (C=O) groups excluding carboxylic acids is 1. The molecule has 54 valence electrons. The number of aromatic nitrogens is 2. The van der Waals surface area contributed by atoms with Crippen molar-refractivity contribution < 1.29 is 9.53 Å². The van der Waals surface area contributed by atoms with Crippen LogP contribution in [0.1, 0.15) is 10.6 Å². The van der Waals surface area contributed by atoms with Crippen LogP contribution in [0.15, 0.2) is 0 Å². The van der Waals surface area contributed by atoms with Gasteiger partial charge in [-0.05, 0) is 34.1 Å². The van der Waals surface area contributed by atoms with Crippen molar-refractivity contribution in [3.05, 3.63) is 8.84 Å². The Kier molecular flexibility index (Phi) is 2.55. The topological polar surface area (TPSA) is 52.1 Å². The molecular weight excluding hydrogens is 267 g/mol. The Morgan fingerprint density at radius 2 is 2.50 bits per heavy atom. The molecule has 1 aromatic heterocycles. The Morgan fingerprint density at radius 3 is 2.90 bits per heavy atom. The standard InChI is InChI=1S/C4H3IN2O2S/c1-9-3(8)2-6-4(5)10-7-2/h1H3. The van der Waals surface area contributed by atoms with Crippen LogP contribution >= 0.6 is 34.1 Å². The summed E-state index contributed by atoms with van der Waals surface area (Å²) in [5.74, 6) is -0.351. The quantitative estimate of drug-likeness (QED) is 0.562. The third kappa shape index (κ3) is 1.63. The van der Waals surface area contributed by atoms with Gasteiger partial charge in [0.15, 0.2) is 3.01 Å². The van der Waals surface area contributed by atoms with E-state index in [-0.39, 0.29) is 5.82 Å². The number of esters is 1. The second-order valence-corrected chi connectivity index (χ2v) is 3.87. The first-order valence-electron chi connectivity index (χ1n) is 2.31. The molecule has 0 aromatic carbocycles. The summed E-state index contributed by atoms with van der Waals surface area (Å²) in [5.41, 5.74) is 0. The fraction of sp³-hybridized carbons (Fsp3) is 0.250. The first kappa shape index (κ1) is 7.86. The van der Waals surface area contributed by atoms with E-state index in [9.17, 15) is 4.79 Å². The molecule has 0 N–H and O–H groups in total. The van der Waals surface area contributed by atoms with Crippen molar-refractivity contribution >= 4 is 40.1 Å². The molecule has 0 amide bonds. The molecule has 1 rings (SSSR count). The first-order chi connectivity index (χ1) is 4.74. The Balaban J connectivity index is 2.85. The van der Waals surface area contributed by atoms with Gasteiger partial charge in [0.2, 0.25) is 0 Å². The number of carbonyl (C=O) groups is 1. The van der Waals surface area contributed by atoms with E-state index in [1.54, 1.807) is 0 Å². The van der Waals surface area contributed by atoms with Gasteiger partial charge in [0.1, 0.15) is 0 Å². The van der Waals surface area contributed by atoms with Gasteiger partial charge in [-0.1, -0.05) is 0 Å². The molecule has 6 heteroatoms.